The number of unbranched alkanes of at least 4 members (excludes halogenated alkanes) is 3. The Bertz CT molecular complexity index is 290. The van der Waals surface area contributed by atoms with Gasteiger partial charge in [0.15, 0.2) is 0 Å². The normalized spacial score (nSPS) is 10.6. The Morgan fingerprint density at radius 1 is 1.24 bits per heavy atom. The minimum Gasteiger partial charge on any atom is -0.506 e. The Morgan fingerprint density at radius 3 is 2.76 bits per heavy atom. The Balaban J connectivity index is 1.95. The van der Waals surface area contributed by atoms with Gasteiger partial charge < -0.3 is 10.4 Å². The van der Waals surface area contributed by atoms with Crippen LogP contribution in [0.25, 0.3) is 0 Å². The molecule has 4 heteroatoms. The van der Waals surface area contributed by atoms with Gasteiger partial charge in [0, 0.05) is 6.54 Å². The topological polar surface area (TPSA) is 45.1 Å². The largest absolute Gasteiger partial charge is 0.506 e. The molecular formula is C13H22N2OS. The molecule has 2 N–H and O–H groups in total. The summed E-state index contributed by atoms with van der Waals surface area (Å²) in [6.45, 7) is 1.83. The van der Waals surface area contributed by atoms with Crippen LogP contribution in [0.5, 0.6) is 5.75 Å². The molecule has 0 aliphatic heterocycles. The van der Waals surface area contributed by atoms with Crippen molar-refractivity contribution in [1.29, 1.82) is 0 Å². The van der Waals surface area contributed by atoms with E-state index in [1.807, 2.05) is 17.8 Å². The fraction of sp³-hybridized carbons (Fsp3) is 0.615. The maximum absolute atomic E-state index is 9.08. The molecule has 17 heavy (non-hydrogen) atoms. The minimum absolute atomic E-state index is 0.225. The summed E-state index contributed by atoms with van der Waals surface area (Å²) >= 11 is 1.92. The molecule has 0 radical (unpaired) electrons. The third-order valence-corrected chi connectivity index (χ3v) is 3.26. The molecule has 0 aliphatic rings. The highest BCUT2D eigenvalue weighted by Gasteiger charge is 1.94. The van der Waals surface area contributed by atoms with E-state index in [0.717, 1.165) is 18.8 Å². The summed E-state index contributed by atoms with van der Waals surface area (Å²) in [5, 5.41) is 12.4. The van der Waals surface area contributed by atoms with Crippen LogP contribution in [0.1, 0.15) is 31.4 Å². The summed E-state index contributed by atoms with van der Waals surface area (Å²) in [7, 11) is 0. The van der Waals surface area contributed by atoms with Gasteiger partial charge in [-0.05, 0) is 43.5 Å². The SMILES string of the molecule is CSCCCCCCNCc1ccc(O)cn1. The first-order valence-corrected chi connectivity index (χ1v) is 7.56. The molecule has 1 heterocycles. The molecule has 0 aromatic carbocycles. The molecule has 1 aromatic heterocycles. The van der Waals surface area contributed by atoms with Crippen LogP contribution in [0, 0.1) is 0 Å². The summed E-state index contributed by atoms with van der Waals surface area (Å²) in [5.41, 5.74) is 0.977. The number of hydrogen-bond donors (Lipinski definition) is 2. The second-order valence-electron chi connectivity index (χ2n) is 4.09. The van der Waals surface area contributed by atoms with E-state index in [0.29, 0.717) is 0 Å². The number of pyridine rings is 1. The Hall–Kier alpha value is -0.740. The summed E-state index contributed by atoms with van der Waals surface area (Å²) in [5.74, 6) is 1.51. The number of aromatic nitrogens is 1. The van der Waals surface area contributed by atoms with Gasteiger partial charge in [0.25, 0.3) is 0 Å². The zero-order chi connectivity index (χ0) is 12.3. The minimum atomic E-state index is 0.225. The van der Waals surface area contributed by atoms with Crippen molar-refractivity contribution >= 4 is 11.8 Å². The van der Waals surface area contributed by atoms with Crippen molar-refractivity contribution in [2.45, 2.75) is 32.2 Å². The fourth-order valence-electron chi connectivity index (χ4n) is 1.59. The van der Waals surface area contributed by atoms with Crippen molar-refractivity contribution in [1.82, 2.24) is 10.3 Å². The van der Waals surface area contributed by atoms with Gasteiger partial charge in [0.05, 0.1) is 11.9 Å². The zero-order valence-electron chi connectivity index (χ0n) is 10.5. The monoisotopic (exact) mass is 254 g/mol. The average Bonchev–Trinajstić information content (AvgIpc) is 2.35. The number of aromatic hydroxyl groups is 1. The lowest BCUT2D eigenvalue weighted by atomic mass is 10.2. The third-order valence-electron chi connectivity index (χ3n) is 2.57. The Labute approximate surface area is 108 Å². The van der Waals surface area contributed by atoms with E-state index in [1.54, 1.807) is 6.07 Å². The first-order chi connectivity index (χ1) is 8.33. The van der Waals surface area contributed by atoms with Crippen LogP contribution < -0.4 is 5.32 Å². The lowest BCUT2D eigenvalue weighted by Crippen LogP contribution is -2.15. The Morgan fingerprint density at radius 2 is 2.06 bits per heavy atom. The third kappa shape index (κ3) is 7.23. The van der Waals surface area contributed by atoms with Crippen molar-refractivity contribution in [3.8, 4) is 5.75 Å². The maximum Gasteiger partial charge on any atom is 0.133 e. The predicted octanol–water partition coefficient (Wildman–Crippen LogP) is 2.80. The van der Waals surface area contributed by atoms with Crippen LogP contribution in [0.2, 0.25) is 0 Å². The van der Waals surface area contributed by atoms with Gasteiger partial charge in [-0.2, -0.15) is 11.8 Å². The molecule has 0 saturated heterocycles. The molecule has 1 rings (SSSR count). The fourth-order valence-corrected chi connectivity index (χ4v) is 2.08. The number of hydrogen-bond acceptors (Lipinski definition) is 4. The molecule has 0 aliphatic carbocycles. The summed E-state index contributed by atoms with van der Waals surface area (Å²) in [4.78, 5) is 4.12. The molecule has 0 spiro atoms. The number of rotatable bonds is 9. The van der Waals surface area contributed by atoms with E-state index >= 15 is 0 Å². The van der Waals surface area contributed by atoms with Gasteiger partial charge in [0.2, 0.25) is 0 Å². The van der Waals surface area contributed by atoms with Crippen molar-refractivity contribution < 1.29 is 5.11 Å². The lowest BCUT2D eigenvalue weighted by molar-refractivity contribution is 0.471. The predicted molar refractivity (Wildman–Crippen MR) is 74.5 cm³/mol. The second-order valence-corrected chi connectivity index (χ2v) is 5.08. The number of nitrogens with zero attached hydrogens (tertiary/aromatic N) is 1. The van der Waals surface area contributed by atoms with E-state index in [4.69, 9.17) is 5.11 Å². The number of thioether (sulfide) groups is 1. The van der Waals surface area contributed by atoms with Gasteiger partial charge in [0.1, 0.15) is 5.75 Å². The van der Waals surface area contributed by atoms with Crippen LogP contribution in [-0.4, -0.2) is 28.6 Å². The van der Waals surface area contributed by atoms with Crippen molar-refractivity contribution in [3.63, 3.8) is 0 Å². The maximum atomic E-state index is 9.08. The molecule has 0 saturated carbocycles. The Kier molecular flexibility index (Phi) is 7.84. The average molecular weight is 254 g/mol. The molecule has 0 atom stereocenters. The van der Waals surface area contributed by atoms with Crippen LogP contribution in [0.3, 0.4) is 0 Å². The highest BCUT2D eigenvalue weighted by atomic mass is 32.2. The molecule has 3 nitrogen and oxygen atoms in total. The molecular weight excluding hydrogens is 232 g/mol. The first-order valence-electron chi connectivity index (χ1n) is 6.16. The molecule has 0 unspecified atom stereocenters. The van der Waals surface area contributed by atoms with Crippen molar-refractivity contribution in [2.24, 2.45) is 0 Å². The van der Waals surface area contributed by atoms with E-state index in [-0.39, 0.29) is 5.75 Å². The molecule has 96 valence electrons. The van der Waals surface area contributed by atoms with Crippen molar-refractivity contribution in [3.05, 3.63) is 24.0 Å². The van der Waals surface area contributed by atoms with Gasteiger partial charge in [-0.3, -0.25) is 4.98 Å². The quantitative estimate of drug-likeness (QED) is 0.665. The van der Waals surface area contributed by atoms with E-state index in [2.05, 4.69) is 16.6 Å². The van der Waals surface area contributed by atoms with Crippen molar-refractivity contribution in [2.75, 3.05) is 18.6 Å². The van der Waals surface area contributed by atoms with Gasteiger partial charge in [-0.25, -0.2) is 0 Å². The van der Waals surface area contributed by atoms with Gasteiger partial charge in [-0.15, -0.1) is 0 Å². The first kappa shape index (κ1) is 14.3. The lowest BCUT2D eigenvalue weighted by Gasteiger charge is -2.04. The molecule has 0 bridgehead atoms. The summed E-state index contributed by atoms with van der Waals surface area (Å²) < 4.78 is 0. The summed E-state index contributed by atoms with van der Waals surface area (Å²) in [6, 6.07) is 3.52. The van der Waals surface area contributed by atoms with E-state index in [1.165, 1.54) is 37.6 Å². The number of nitrogens with one attached hydrogen (secondary N) is 1. The zero-order valence-corrected chi connectivity index (χ0v) is 11.3. The van der Waals surface area contributed by atoms with E-state index in [9.17, 15) is 0 Å². The van der Waals surface area contributed by atoms with Crippen LogP contribution >= 0.6 is 11.8 Å². The van der Waals surface area contributed by atoms with Gasteiger partial charge in [-0.1, -0.05) is 12.8 Å². The highest BCUT2D eigenvalue weighted by molar-refractivity contribution is 7.98. The molecule has 0 fully saturated rings. The van der Waals surface area contributed by atoms with Crippen LogP contribution in [0.15, 0.2) is 18.3 Å². The second kappa shape index (κ2) is 9.31. The van der Waals surface area contributed by atoms with Crippen LogP contribution in [0.4, 0.5) is 0 Å². The van der Waals surface area contributed by atoms with Gasteiger partial charge >= 0.3 is 0 Å². The standard InChI is InChI=1S/C13H22N2OS/c1-17-9-5-3-2-4-8-14-10-12-6-7-13(16)11-15-12/h6-7,11,14,16H,2-5,8-10H2,1H3. The summed E-state index contributed by atoms with van der Waals surface area (Å²) in [6.07, 6.45) is 8.84. The molecule has 0 amide bonds. The molecule has 1 aromatic rings. The van der Waals surface area contributed by atoms with Crippen LogP contribution in [-0.2, 0) is 6.54 Å². The van der Waals surface area contributed by atoms with E-state index < -0.39 is 0 Å². The smallest absolute Gasteiger partial charge is 0.133 e. The highest BCUT2D eigenvalue weighted by Crippen LogP contribution is 2.06.